The number of nitrogens with one attached hydrogen (secondary N) is 1. The molecule has 7 nitrogen and oxygen atoms in total. The number of thioether (sulfide) groups is 1. The number of carbonyl (C=O) groups excluding carboxylic acids is 1. The number of anilines is 1. The van der Waals surface area contributed by atoms with Crippen LogP contribution in [-0.4, -0.2) is 26.7 Å². The average molecular weight is 346 g/mol. The van der Waals surface area contributed by atoms with Gasteiger partial charge in [0.25, 0.3) is 5.56 Å². The van der Waals surface area contributed by atoms with Crippen LogP contribution in [0, 0.1) is 0 Å². The van der Waals surface area contributed by atoms with Gasteiger partial charge in [0.05, 0.1) is 5.56 Å². The minimum absolute atomic E-state index is 0.00340. The molecule has 1 aromatic heterocycles. The van der Waals surface area contributed by atoms with Crippen molar-refractivity contribution in [3.05, 3.63) is 51.8 Å². The smallest absolute Gasteiger partial charge is 0.256 e. The molecule has 0 aliphatic carbocycles. The van der Waals surface area contributed by atoms with Gasteiger partial charge in [-0.25, -0.2) is 4.98 Å². The van der Waals surface area contributed by atoms with Gasteiger partial charge in [-0.1, -0.05) is 47.2 Å². The van der Waals surface area contributed by atoms with E-state index in [1.807, 2.05) is 30.3 Å². The van der Waals surface area contributed by atoms with Gasteiger partial charge in [0, 0.05) is 19.1 Å². The lowest BCUT2D eigenvalue weighted by Gasteiger charge is -2.07. The molecule has 0 aliphatic heterocycles. The number of aromatic amines is 1. The molecule has 0 saturated carbocycles. The third-order valence-corrected chi connectivity index (χ3v) is 4.33. The topological polar surface area (TPSA) is 121 Å². The number of oxime groups is 1. The third-order valence-electron chi connectivity index (χ3n) is 3.38. The van der Waals surface area contributed by atoms with E-state index in [1.54, 1.807) is 0 Å². The number of nitrogen functional groups attached to an aromatic ring is 1. The lowest BCUT2D eigenvalue weighted by atomic mass is 10.1. The van der Waals surface area contributed by atoms with E-state index in [9.17, 15) is 9.59 Å². The molecule has 0 atom stereocenters. The molecular formula is C16H18N4O3S. The van der Waals surface area contributed by atoms with E-state index < -0.39 is 0 Å². The summed E-state index contributed by atoms with van der Waals surface area (Å²) in [6.07, 6.45) is 0.300. The molecule has 0 fully saturated rings. The van der Waals surface area contributed by atoms with Crippen molar-refractivity contribution < 1.29 is 10.0 Å². The summed E-state index contributed by atoms with van der Waals surface area (Å²) in [4.78, 5) is 30.3. The molecule has 2 rings (SSSR count). The van der Waals surface area contributed by atoms with Gasteiger partial charge in [0.1, 0.15) is 11.5 Å². The monoisotopic (exact) mass is 346 g/mol. The normalized spacial score (nSPS) is 11.5. The maximum atomic E-state index is 12.2. The molecule has 0 radical (unpaired) electrons. The number of aromatic nitrogens is 2. The molecule has 4 N–H and O–H groups in total. The second kappa shape index (κ2) is 8.30. The Bertz CT molecular complexity index is 803. The number of benzene rings is 1. The number of ketones is 1. The quantitative estimate of drug-likeness (QED) is 0.232. The van der Waals surface area contributed by atoms with Gasteiger partial charge in [-0.3, -0.25) is 9.59 Å². The predicted molar refractivity (Wildman–Crippen MR) is 93.5 cm³/mol. The van der Waals surface area contributed by atoms with E-state index in [0.29, 0.717) is 10.9 Å². The van der Waals surface area contributed by atoms with Crippen LogP contribution in [0.5, 0.6) is 0 Å². The summed E-state index contributed by atoms with van der Waals surface area (Å²) >= 11 is 1.38. The van der Waals surface area contributed by atoms with E-state index in [2.05, 4.69) is 15.1 Å². The van der Waals surface area contributed by atoms with Crippen LogP contribution >= 0.6 is 11.8 Å². The summed E-state index contributed by atoms with van der Waals surface area (Å²) in [5.41, 5.74) is 6.90. The first-order valence-corrected chi connectivity index (χ1v) is 8.27. The minimum atomic E-state index is -0.351. The van der Waals surface area contributed by atoms with Crippen LogP contribution in [0.25, 0.3) is 0 Å². The van der Waals surface area contributed by atoms with E-state index in [4.69, 9.17) is 10.9 Å². The molecule has 24 heavy (non-hydrogen) atoms. The number of H-pyrrole nitrogens is 1. The maximum absolute atomic E-state index is 12.2. The zero-order valence-electron chi connectivity index (χ0n) is 13.2. The van der Waals surface area contributed by atoms with Crippen LogP contribution in [0.15, 0.2) is 45.4 Å². The van der Waals surface area contributed by atoms with Gasteiger partial charge in [-0.05, 0) is 12.0 Å². The van der Waals surface area contributed by atoms with Crippen molar-refractivity contribution in [1.29, 1.82) is 0 Å². The average Bonchev–Trinajstić information content (AvgIpc) is 2.56. The number of carbonyl (C=O) groups is 1. The van der Waals surface area contributed by atoms with Crippen molar-refractivity contribution in [2.24, 2.45) is 5.16 Å². The highest BCUT2D eigenvalue weighted by Gasteiger charge is 2.13. The van der Waals surface area contributed by atoms with Gasteiger partial charge in [-0.15, -0.1) is 0 Å². The van der Waals surface area contributed by atoms with Gasteiger partial charge in [0.2, 0.25) is 0 Å². The SMILES string of the molecule is CC(=O)/C(CCc1c(N)nc(SCc2ccccc2)[nH]c1=O)=N\O. The van der Waals surface area contributed by atoms with Crippen molar-refractivity contribution in [3.63, 3.8) is 0 Å². The fourth-order valence-corrected chi connectivity index (χ4v) is 2.89. The Hall–Kier alpha value is -2.61. The zero-order valence-corrected chi connectivity index (χ0v) is 14.0. The Balaban J connectivity index is 2.08. The Morgan fingerprint density at radius 3 is 2.67 bits per heavy atom. The first-order valence-electron chi connectivity index (χ1n) is 7.28. The molecule has 2 aromatic rings. The first-order chi connectivity index (χ1) is 11.5. The van der Waals surface area contributed by atoms with Gasteiger partial charge in [-0.2, -0.15) is 0 Å². The number of Topliss-reactive ketones (excluding diaryl/α,β-unsaturated/α-hetero) is 1. The Kier molecular flexibility index (Phi) is 6.14. The summed E-state index contributed by atoms with van der Waals surface area (Å²) in [5.74, 6) is 0.430. The molecule has 1 heterocycles. The highest BCUT2D eigenvalue weighted by molar-refractivity contribution is 7.98. The van der Waals surface area contributed by atoms with Crippen molar-refractivity contribution in [3.8, 4) is 0 Å². The number of nitrogens with two attached hydrogens (primary N) is 1. The molecule has 1 aromatic carbocycles. The summed E-state index contributed by atoms with van der Waals surface area (Å²) in [6.45, 7) is 1.30. The lowest BCUT2D eigenvalue weighted by molar-refractivity contribution is -0.111. The molecule has 0 aliphatic rings. The van der Waals surface area contributed by atoms with Crippen LogP contribution in [-0.2, 0) is 17.0 Å². The molecule has 8 heteroatoms. The predicted octanol–water partition coefficient (Wildman–Crippen LogP) is 2.00. The zero-order chi connectivity index (χ0) is 17.5. The van der Waals surface area contributed by atoms with E-state index in [-0.39, 0.29) is 41.3 Å². The van der Waals surface area contributed by atoms with E-state index in [1.165, 1.54) is 18.7 Å². The first kappa shape index (κ1) is 17.7. The summed E-state index contributed by atoms with van der Waals surface area (Å²) in [5, 5.41) is 12.1. The van der Waals surface area contributed by atoms with Crippen molar-refractivity contribution in [2.75, 3.05) is 5.73 Å². The van der Waals surface area contributed by atoms with E-state index in [0.717, 1.165) is 5.56 Å². The molecule has 0 unspecified atom stereocenters. The van der Waals surface area contributed by atoms with Gasteiger partial charge in [0.15, 0.2) is 10.9 Å². The standard InChI is InChI=1S/C16H18N4O3S/c1-10(21)13(20-23)8-7-12-14(17)18-16(19-15(12)22)24-9-11-5-3-2-4-6-11/h2-6,23H,7-9H2,1H3,(H3,17,18,19,22)/b20-13-. The molecular weight excluding hydrogens is 328 g/mol. The second-order valence-electron chi connectivity index (χ2n) is 5.11. The molecule has 0 bridgehead atoms. The Labute approximate surface area is 143 Å². The highest BCUT2D eigenvalue weighted by Crippen LogP contribution is 2.19. The highest BCUT2D eigenvalue weighted by atomic mass is 32.2. The molecule has 0 saturated heterocycles. The summed E-state index contributed by atoms with van der Waals surface area (Å²) in [7, 11) is 0. The Morgan fingerprint density at radius 1 is 1.38 bits per heavy atom. The van der Waals surface area contributed by atoms with Crippen molar-refractivity contribution >= 4 is 29.1 Å². The van der Waals surface area contributed by atoms with Crippen molar-refractivity contribution in [1.82, 2.24) is 9.97 Å². The molecule has 126 valence electrons. The van der Waals surface area contributed by atoms with Crippen LogP contribution < -0.4 is 11.3 Å². The fourth-order valence-electron chi connectivity index (χ4n) is 2.07. The molecule has 0 amide bonds. The van der Waals surface area contributed by atoms with Gasteiger partial charge >= 0.3 is 0 Å². The maximum Gasteiger partial charge on any atom is 0.256 e. The lowest BCUT2D eigenvalue weighted by Crippen LogP contribution is -2.20. The van der Waals surface area contributed by atoms with Crippen LogP contribution in [0.1, 0.15) is 24.5 Å². The minimum Gasteiger partial charge on any atom is -0.411 e. The fraction of sp³-hybridized carbons (Fsp3) is 0.250. The summed E-state index contributed by atoms with van der Waals surface area (Å²) < 4.78 is 0. The van der Waals surface area contributed by atoms with E-state index >= 15 is 0 Å². The van der Waals surface area contributed by atoms with Crippen LogP contribution in [0.2, 0.25) is 0 Å². The van der Waals surface area contributed by atoms with Crippen molar-refractivity contribution in [2.45, 2.75) is 30.7 Å². The number of rotatable bonds is 7. The largest absolute Gasteiger partial charge is 0.411 e. The van der Waals surface area contributed by atoms with Crippen LogP contribution in [0.4, 0.5) is 5.82 Å². The van der Waals surface area contributed by atoms with Crippen LogP contribution in [0.3, 0.4) is 0 Å². The number of hydrogen-bond donors (Lipinski definition) is 3. The van der Waals surface area contributed by atoms with Gasteiger partial charge < -0.3 is 15.9 Å². The molecule has 0 spiro atoms. The third kappa shape index (κ3) is 4.69. The number of nitrogens with zero attached hydrogens (tertiary/aromatic N) is 2. The summed E-state index contributed by atoms with van der Waals surface area (Å²) in [6, 6.07) is 9.80. The second-order valence-corrected chi connectivity index (χ2v) is 6.08. The Morgan fingerprint density at radius 2 is 2.08 bits per heavy atom. The number of hydrogen-bond acceptors (Lipinski definition) is 7.